The number of nitrogens with two attached hydrogens (primary N) is 1. The molecule has 0 bridgehead atoms. The summed E-state index contributed by atoms with van der Waals surface area (Å²) in [5, 5.41) is 0. The van der Waals surface area contributed by atoms with E-state index in [1.807, 2.05) is 31.2 Å². The summed E-state index contributed by atoms with van der Waals surface area (Å²) in [4.78, 5) is 24.2. The second kappa shape index (κ2) is 10.6. The molecule has 1 aromatic rings. The highest BCUT2D eigenvalue weighted by Gasteiger charge is 2.36. The number of ether oxygens (including phenoxy) is 1. The predicted molar refractivity (Wildman–Crippen MR) is 109 cm³/mol. The van der Waals surface area contributed by atoms with Crippen LogP contribution >= 0.6 is 0 Å². The van der Waals surface area contributed by atoms with E-state index < -0.39 is 5.41 Å². The molecule has 1 aromatic carbocycles. The summed E-state index contributed by atoms with van der Waals surface area (Å²) in [6, 6.07) is 7.96. The molecule has 0 amide bonds. The summed E-state index contributed by atoms with van der Waals surface area (Å²) in [5.41, 5.74) is 7.38. The maximum absolute atomic E-state index is 12.3. The number of esters is 1. The Hall–Kier alpha value is -1.68. The number of hydrogen-bond acceptors (Lipinski definition) is 4. The van der Waals surface area contributed by atoms with Crippen LogP contribution in [0, 0.1) is 5.92 Å². The highest BCUT2D eigenvalue weighted by molar-refractivity contribution is 5.78. The lowest BCUT2D eigenvalue weighted by Gasteiger charge is -2.36. The number of hydrogen-bond donors (Lipinski definition) is 1. The minimum Gasteiger partial charge on any atom is -0.465 e. The SMILES string of the molecule is CCCCCCOC(=O)C(C)c1ccc(C2(C=O)CCC(CN)CC2)cc1. The van der Waals surface area contributed by atoms with Gasteiger partial charge in [-0.3, -0.25) is 4.79 Å². The van der Waals surface area contributed by atoms with Gasteiger partial charge in [-0.25, -0.2) is 0 Å². The van der Waals surface area contributed by atoms with Crippen molar-refractivity contribution >= 4 is 12.3 Å². The van der Waals surface area contributed by atoms with Gasteiger partial charge in [0.1, 0.15) is 6.29 Å². The Morgan fingerprint density at radius 2 is 1.89 bits per heavy atom. The standard InChI is InChI=1S/C23H35NO3/c1-3-4-5-6-15-27-22(26)18(2)20-7-9-21(10-8-20)23(17-25)13-11-19(16-24)12-14-23/h7-10,17-19H,3-6,11-16,24H2,1-2H3. The normalized spacial score (nSPS) is 23.6. The lowest BCUT2D eigenvalue weighted by Crippen LogP contribution is -2.35. The van der Waals surface area contributed by atoms with Gasteiger partial charge in [0.2, 0.25) is 0 Å². The first-order chi connectivity index (χ1) is 13.1. The van der Waals surface area contributed by atoms with E-state index in [1.54, 1.807) is 0 Å². The van der Waals surface area contributed by atoms with Crippen molar-refractivity contribution in [3.05, 3.63) is 35.4 Å². The molecule has 2 rings (SSSR count). The topological polar surface area (TPSA) is 69.4 Å². The molecule has 27 heavy (non-hydrogen) atoms. The molecule has 1 atom stereocenters. The minimum atomic E-state index is -0.396. The van der Waals surface area contributed by atoms with Gasteiger partial charge in [-0.15, -0.1) is 0 Å². The molecule has 1 fully saturated rings. The lowest BCUT2D eigenvalue weighted by molar-refractivity contribution is -0.145. The number of rotatable bonds is 10. The van der Waals surface area contributed by atoms with Crippen molar-refractivity contribution in [2.45, 2.75) is 76.5 Å². The number of carbonyl (C=O) groups excluding carboxylic acids is 2. The van der Waals surface area contributed by atoms with Gasteiger partial charge in [0, 0.05) is 0 Å². The number of carbonyl (C=O) groups is 2. The maximum atomic E-state index is 12.3. The van der Waals surface area contributed by atoms with E-state index in [0.717, 1.165) is 55.9 Å². The molecular weight excluding hydrogens is 338 g/mol. The summed E-state index contributed by atoms with van der Waals surface area (Å²) in [5.74, 6) is 0.0719. The van der Waals surface area contributed by atoms with Crippen molar-refractivity contribution in [1.29, 1.82) is 0 Å². The Bertz CT molecular complexity index is 588. The van der Waals surface area contributed by atoms with E-state index in [-0.39, 0.29) is 11.9 Å². The second-order valence-corrected chi connectivity index (χ2v) is 8.02. The Morgan fingerprint density at radius 1 is 1.22 bits per heavy atom. The molecule has 1 aliphatic rings. The monoisotopic (exact) mass is 373 g/mol. The van der Waals surface area contributed by atoms with Gasteiger partial charge in [-0.1, -0.05) is 50.5 Å². The first-order valence-electron chi connectivity index (χ1n) is 10.5. The lowest BCUT2D eigenvalue weighted by atomic mass is 9.67. The average molecular weight is 374 g/mol. The third-order valence-corrected chi connectivity index (χ3v) is 6.14. The first kappa shape index (κ1) is 21.6. The fourth-order valence-electron chi connectivity index (χ4n) is 3.97. The highest BCUT2D eigenvalue weighted by atomic mass is 16.5. The van der Waals surface area contributed by atoms with Crippen molar-refractivity contribution in [3.8, 4) is 0 Å². The number of unbranched alkanes of at least 4 members (excludes halogenated alkanes) is 3. The molecule has 4 heteroatoms. The molecule has 0 saturated heterocycles. The van der Waals surface area contributed by atoms with Gasteiger partial charge in [0.15, 0.2) is 0 Å². The van der Waals surface area contributed by atoms with E-state index in [0.29, 0.717) is 19.1 Å². The van der Waals surface area contributed by atoms with Crippen LogP contribution in [-0.2, 0) is 19.7 Å². The van der Waals surface area contributed by atoms with Gasteiger partial charge in [0.05, 0.1) is 17.9 Å². The molecule has 0 radical (unpaired) electrons. The molecule has 1 unspecified atom stereocenters. The number of benzene rings is 1. The summed E-state index contributed by atoms with van der Waals surface area (Å²) in [6.45, 7) is 5.24. The largest absolute Gasteiger partial charge is 0.465 e. The van der Waals surface area contributed by atoms with Crippen LogP contribution in [0.25, 0.3) is 0 Å². The minimum absolute atomic E-state index is 0.173. The van der Waals surface area contributed by atoms with E-state index in [1.165, 1.54) is 12.8 Å². The highest BCUT2D eigenvalue weighted by Crippen LogP contribution is 2.40. The maximum Gasteiger partial charge on any atom is 0.313 e. The third-order valence-electron chi connectivity index (χ3n) is 6.14. The Kier molecular flexibility index (Phi) is 8.49. The van der Waals surface area contributed by atoms with Crippen LogP contribution < -0.4 is 5.73 Å². The quantitative estimate of drug-likeness (QED) is 0.372. The van der Waals surface area contributed by atoms with Crippen LogP contribution in [0.5, 0.6) is 0 Å². The Balaban J connectivity index is 1.95. The van der Waals surface area contributed by atoms with E-state index in [2.05, 4.69) is 6.92 Å². The van der Waals surface area contributed by atoms with Crippen molar-refractivity contribution in [3.63, 3.8) is 0 Å². The van der Waals surface area contributed by atoms with Crippen LogP contribution in [0.4, 0.5) is 0 Å². The molecule has 150 valence electrons. The van der Waals surface area contributed by atoms with Gasteiger partial charge in [-0.2, -0.15) is 0 Å². The summed E-state index contributed by atoms with van der Waals surface area (Å²) < 4.78 is 5.41. The Labute approximate surface area is 163 Å². The van der Waals surface area contributed by atoms with E-state index in [9.17, 15) is 9.59 Å². The van der Waals surface area contributed by atoms with Gasteiger partial charge in [-0.05, 0) is 62.6 Å². The molecular formula is C23H35NO3. The van der Waals surface area contributed by atoms with Crippen LogP contribution in [0.15, 0.2) is 24.3 Å². The van der Waals surface area contributed by atoms with Crippen molar-refractivity contribution < 1.29 is 14.3 Å². The Morgan fingerprint density at radius 3 is 2.44 bits per heavy atom. The smallest absolute Gasteiger partial charge is 0.313 e. The van der Waals surface area contributed by atoms with Crippen LogP contribution in [0.1, 0.15) is 82.3 Å². The third kappa shape index (κ3) is 5.65. The fraction of sp³-hybridized carbons (Fsp3) is 0.652. The summed E-state index contributed by atoms with van der Waals surface area (Å²) in [6.07, 6.45) is 9.20. The molecule has 0 aliphatic heterocycles. The van der Waals surface area contributed by atoms with Crippen LogP contribution in [0.2, 0.25) is 0 Å². The van der Waals surface area contributed by atoms with Crippen molar-refractivity contribution in [2.75, 3.05) is 13.2 Å². The molecule has 1 saturated carbocycles. The van der Waals surface area contributed by atoms with Crippen molar-refractivity contribution in [1.82, 2.24) is 0 Å². The summed E-state index contributed by atoms with van der Waals surface area (Å²) >= 11 is 0. The molecule has 2 N–H and O–H groups in total. The zero-order chi connectivity index (χ0) is 19.7. The molecule has 4 nitrogen and oxygen atoms in total. The van der Waals surface area contributed by atoms with Crippen molar-refractivity contribution in [2.24, 2.45) is 11.7 Å². The fourth-order valence-corrected chi connectivity index (χ4v) is 3.97. The molecule has 0 heterocycles. The van der Waals surface area contributed by atoms with Crippen LogP contribution in [-0.4, -0.2) is 25.4 Å². The molecule has 0 spiro atoms. The number of aldehydes is 1. The van der Waals surface area contributed by atoms with Gasteiger partial charge >= 0.3 is 5.97 Å². The summed E-state index contributed by atoms with van der Waals surface area (Å²) in [7, 11) is 0. The zero-order valence-corrected chi connectivity index (χ0v) is 16.9. The van der Waals surface area contributed by atoms with E-state index >= 15 is 0 Å². The first-order valence-corrected chi connectivity index (χ1v) is 10.5. The van der Waals surface area contributed by atoms with Gasteiger partial charge < -0.3 is 15.3 Å². The van der Waals surface area contributed by atoms with E-state index in [4.69, 9.17) is 10.5 Å². The van der Waals surface area contributed by atoms with Crippen LogP contribution in [0.3, 0.4) is 0 Å². The molecule has 1 aliphatic carbocycles. The second-order valence-electron chi connectivity index (χ2n) is 8.02. The van der Waals surface area contributed by atoms with Gasteiger partial charge in [0.25, 0.3) is 0 Å². The molecule has 0 aromatic heterocycles. The average Bonchev–Trinajstić information content (AvgIpc) is 2.73. The predicted octanol–water partition coefficient (Wildman–Crippen LogP) is 4.50. The zero-order valence-electron chi connectivity index (χ0n) is 16.9.